The average Bonchev–Trinajstić information content (AvgIpc) is 2.66. The fourth-order valence-electron chi connectivity index (χ4n) is 2.43. The van der Waals surface area contributed by atoms with Crippen molar-refractivity contribution in [1.29, 1.82) is 0 Å². The number of benzene rings is 1. The van der Waals surface area contributed by atoms with Crippen molar-refractivity contribution < 1.29 is 0 Å². The van der Waals surface area contributed by atoms with Crippen molar-refractivity contribution in [3.05, 3.63) is 41.1 Å². The summed E-state index contributed by atoms with van der Waals surface area (Å²) in [5.41, 5.74) is 5.48. The highest BCUT2D eigenvalue weighted by molar-refractivity contribution is 5.86. The summed E-state index contributed by atoms with van der Waals surface area (Å²) in [6.45, 7) is 2.14. The Hall–Kier alpha value is -1.37. The van der Waals surface area contributed by atoms with Crippen LogP contribution in [-0.2, 0) is 12.8 Å². The third-order valence-electron chi connectivity index (χ3n) is 3.17. The van der Waals surface area contributed by atoms with E-state index >= 15 is 0 Å². The molecule has 0 radical (unpaired) electrons. The molecule has 1 aromatic carbocycles. The van der Waals surface area contributed by atoms with Gasteiger partial charge in [-0.05, 0) is 42.9 Å². The monoisotopic (exact) mass is 183 g/mol. The Morgan fingerprint density at radius 3 is 3.07 bits per heavy atom. The molecule has 0 N–H and O–H groups in total. The Kier molecular flexibility index (Phi) is 1.60. The van der Waals surface area contributed by atoms with Crippen molar-refractivity contribution in [1.82, 2.24) is 4.98 Å². The summed E-state index contributed by atoms with van der Waals surface area (Å²) in [6, 6.07) is 6.48. The summed E-state index contributed by atoms with van der Waals surface area (Å²) >= 11 is 0. The lowest BCUT2D eigenvalue weighted by Crippen LogP contribution is -1.90. The average molecular weight is 183 g/mol. The molecule has 0 atom stereocenters. The van der Waals surface area contributed by atoms with Crippen LogP contribution in [0.2, 0.25) is 0 Å². The minimum Gasteiger partial charge on any atom is -0.256 e. The minimum atomic E-state index is 1.19. The van der Waals surface area contributed by atoms with Crippen LogP contribution in [0, 0.1) is 6.92 Å². The molecule has 2 aromatic rings. The van der Waals surface area contributed by atoms with Gasteiger partial charge in [0, 0.05) is 11.6 Å². The van der Waals surface area contributed by atoms with Crippen LogP contribution < -0.4 is 0 Å². The lowest BCUT2D eigenvalue weighted by molar-refractivity contribution is 0.912. The molecule has 0 unspecified atom stereocenters. The molecule has 0 saturated heterocycles. The van der Waals surface area contributed by atoms with Gasteiger partial charge in [0.1, 0.15) is 0 Å². The standard InChI is InChI=1S/C13H13N/c1-9-4-2-7-12-11-6-3-5-10(11)8-14-13(9)12/h2,4,7-8H,3,5-6H2,1H3. The third-order valence-corrected chi connectivity index (χ3v) is 3.17. The predicted octanol–water partition coefficient (Wildman–Crippen LogP) is 3.03. The van der Waals surface area contributed by atoms with Gasteiger partial charge in [-0.15, -0.1) is 0 Å². The minimum absolute atomic E-state index is 1.19. The van der Waals surface area contributed by atoms with Gasteiger partial charge in [0.25, 0.3) is 0 Å². The van der Waals surface area contributed by atoms with E-state index in [-0.39, 0.29) is 0 Å². The molecule has 1 aliphatic carbocycles. The highest BCUT2D eigenvalue weighted by atomic mass is 14.7. The van der Waals surface area contributed by atoms with Gasteiger partial charge in [-0.1, -0.05) is 18.2 Å². The molecular weight excluding hydrogens is 170 g/mol. The molecule has 1 aromatic heterocycles. The molecule has 0 bridgehead atoms. The smallest absolute Gasteiger partial charge is 0.0734 e. The zero-order valence-electron chi connectivity index (χ0n) is 8.38. The van der Waals surface area contributed by atoms with Gasteiger partial charge in [0.2, 0.25) is 0 Å². The Bertz CT molecular complexity index is 500. The molecule has 0 aliphatic heterocycles. The molecule has 70 valence electrons. The number of rotatable bonds is 0. The first kappa shape index (κ1) is 7.98. The summed E-state index contributed by atoms with van der Waals surface area (Å²) < 4.78 is 0. The topological polar surface area (TPSA) is 12.9 Å². The summed E-state index contributed by atoms with van der Waals surface area (Å²) in [4.78, 5) is 4.55. The number of aromatic nitrogens is 1. The second kappa shape index (κ2) is 2.81. The van der Waals surface area contributed by atoms with Crippen molar-refractivity contribution in [2.45, 2.75) is 26.2 Å². The predicted molar refractivity (Wildman–Crippen MR) is 58.5 cm³/mol. The highest BCUT2D eigenvalue weighted by Gasteiger charge is 2.14. The van der Waals surface area contributed by atoms with E-state index in [2.05, 4.69) is 36.3 Å². The van der Waals surface area contributed by atoms with Crippen LogP contribution in [0.5, 0.6) is 0 Å². The van der Waals surface area contributed by atoms with Crippen molar-refractivity contribution in [2.75, 3.05) is 0 Å². The molecule has 0 fully saturated rings. The fourth-order valence-corrected chi connectivity index (χ4v) is 2.43. The largest absolute Gasteiger partial charge is 0.256 e. The summed E-state index contributed by atoms with van der Waals surface area (Å²) in [6.07, 6.45) is 5.81. The zero-order chi connectivity index (χ0) is 9.54. The first-order valence-electron chi connectivity index (χ1n) is 5.22. The van der Waals surface area contributed by atoms with E-state index in [1.165, 1.54) is 41.3 Å². The lowest BCUT2D eigenvalue weighted by atomic mass is 10.0. The quantitative estimate of drug-likeness (QED) is 0.611. The van der Waals surface area contributed by atoms with Crippen LogP contribution in [-0.4, -0.2) is 4.98 Å². The Morgan fingerprint density at radius 2 is 2.14 bits per heavy atom. The number of hydrogen-bond donors (Lipinski definition) is 0. The molecule has 1 heterocycles. The molecule has 1 nitrogen and oxygen atoms in total. The lowest BCUT2D eigenvalue weighted by Gasteiger charge is -2.06. The Balaban J connectivity index is 2.44. The van der Waals surface area contributed by atoms with E-state index in [1.807, 2.05) is 0 Å². The van der Waals surface area contributed by atoms with Gasteiger partial charge in [0.15, 0.2) is 0 Å². The molecule has 1 heteroatoms. The van der Waals surface area contributed by atoms with Crippen LogP contribution in [0.15, 0.2) is 24.4 Å². The van der Waals surface area contributed by atoms with E-state index in [0.717, 1.165) is 0 Å². The highest BCUT2D eigenvalue weighted by Crippen LogP contribution is 2.29. The van der Waals surface area contributed by atoms with Gasteiger partial charge >= 0.3 is 0 Å². The van der Waals surface area contributed by atoms with Crippen LogP contribution in [0.1, 0.15) is 23.1 Å². The number of nitrogens with zero attached hydrogens (tertiary/aromatic N) is 1. The SMILES string of the molecule is Cc1cccc2c3c(cnc12)CCC3. The van der Waals surface area contributed by atoms with Crippen LogP contribution in [0.4, 0.5) is 0 Å². The molecule has 1 aliphatic rings. The van der Waals surface area contributed by atoms with Gasteiger partial charge < -0.3 is 0 Å². The van der Waals surface area contributed by atoms with Gasteiger partial charge in [0.05, 0.1) is 5.52 Å². The Labute approximate surface area is 83.8 Å². The number of aryl methyl sites for hydroxylation is 3. The first-order chi connectivity index (χ1) is 6.86. The summed E-state index contributed by atoms with van der Waals surface area (Å²) in [5, 5.41) is 1.38. The van der Waals surface area contributed by atoms with Crippen molar-refractivity contribution >= 4 is 10.9 Å². The van der Waals surface area contributed by atoms with Crippen molar-refractivity contribution in [3.8, 4) is 0 Å². The molecule has 3 rings (SSSR count). The van der Waals surface area contributed by atoms with Crippen molar-refractivity contribution in [2.24, 2.45) is 0 Å². The molecule has 0 spiro atoms. The van der Waals surface area contributed by atoms with Crippen LogP contribution in [0.3, 0.4) is 0 Å². The van der Waals surface area contributed by atoms with E-state index in [4.69, 9.17) is 0 Å². The van der Waals surface area contributed by atoms with Crippen molar-refractivity contribution in [3.63, 3.8) is 0 Å². The van der Waals surface area contributed by atoms with Gasteiger partial charge in [-0.3, -0.25) is 4.98 Å². The van der Waals surface area contributed by atoms with Gasteiger partial charge in [-0.2, -0.15) is 0 Å². The number of pyridine rings is 1. The van der Waals surface area contributed by atoms with Gasteiger partial charge in [-0.25, -0.2) is 0 Å². The molecular formula is C13H13N. The summed E-state index contributed by atoms with van der Waals surface area (Å²) in [5.74, 6) is 0. The second-order valence-corrected chi connectivity index (χ2v) is 4.09. The normalized spacial score (nSPS) is 14.6. The number of hydrogen-bond acceptors (Lipinski definition) is 1. The van der Waals surface area contributed by atoms with E-state index in [0.29, 0.717) is 0 Å². The second-order valence-electron chi connectivity index (χ2n) is 4.09. The zero-order valence-corrected chi connectivity index (χ0v) is 8.38. The third kappa shape index (κ3) is 0.985. The van der Waals surface area contributed by atoms with E-state index < -0.39 is 0 Å². The molecule has 0 saturated carbocycles. The maximum atomic E-state index is 4.55. The van der Waals surface area contributed by atoms with E-state index in [1.54, 1.807) is 5.56 Å². The maximum absolute atomic E-state index is 4.55. The fraction of sp³-hybridized carbons (Fsp3) is 0.308. The Morgan fingerprint density at radius 1 is 1.21 bits per heavy atom. The maximum Gasteiger partial charge on any atom is 0.0734 e. The van der Waals surface area contributed by atoms with Crippen LogP contribution in [0.25, 0.3) is 10.9 Å². The van der Waals surface area contributed by atoms with E-state index in [9.17, 15) is 0 Å². The summed E-state index contributed by atoms with van der Waals surface area (Å²) in [7, 11) is 0. The van der Waals surface area contributed by atoms with Crippen LogP contribution >= 0.6 is 0 Å². The number of fused-ring (bicyclic) bond motifs is 3. The molecule has 0 amide bonds. The first-order valence-corrected chi connectivity index (χ1v) is 5.22. The number of para-hydroxylation sites is 1. The molecule has 14 heavy (non-hydrogen) atoms.